The van der Waals surface area contributed by atoms with Crippen LogP contribution in [0.5, 0.6) is 0 Å². The summed E-state index contributed by atoms with van der Waals surface area (Å²) in [6.07, 6.45) is 7.68. The highest BCUT2D eigenvalue weighted by molar-refractivity contribution is 7.98. The van der Waals surface area contributed by atoms with E-state index in [-0.39, 0.29) is 0 Å². The molecule has 2 unspecified atom stereocenters. The van der Waals surface area contributed by atoms with Crippen LogP contribution in [0.3, 0.4) is 0 Å². The molecule has 0 amide bonds. The van der Waals surface area contributed by atoms with E-state index < -0.39 is 0 Å². The molecule has 3 nitrogen and oxygen atoms in total. The third-order valence-electron chi connectivity index (χ3n) is 3.43. The zero-order chi connectivity index (χ0) is 12.5. The lowest BCUT2D eigenvalue weighted by Crippen LogP contribution is -2.41. The first kappa shape index (κ1) is 14.7. The van der Waals surface area contributed by atoms with Crippen molar-refractivity contribution in [2.45, 2.75) is 32.6 Å². The maximum atomic E-state index is 4.25. The summed E-state index contributed by atoms with van der Waals surface area (Å²) in [5.74, 6) is 3.82. The fourth-order valence-corrected chi connectivity index (χ4v) is 2.78. The van der Waals surface area contributed by atoms with Crippen LogP contribution in [-0.2, 0) is 0 Å². The monoisotopic (exact) mass is 257 g/mol. The van der Waals surface area contributed by atoms with E-state index in [4.69, 9.17) is 0 Å². The van der Waals surface area contributed by atoms with Gasteiger partial charge in [0.15, 0.2) is 5.96 Å². The molecule has 1 saturated carbocycles. The summed E-state index contributed by atoms with van der Waals surface area (Å²) in [7, 11) is 1.85. The van der Waals surface area contributed by atoms with Crippen molar-refractivity contribution in [1.29, 1.82) is 0 Å². The molecule has 100 valence electrons. The number of hydrogen-bond donors (Lipinski definition) is 2. The van der Waals surface area contributed by atoms with Gasteiger partial charge < -0.3 is 10.6 Å². The van der Waals surface area contributed by atoms with Gasteiger partial charge in [-0.1, -0.05) is 19.8 Å². The van der Waals surface area contributed by atoms with Crippen molar-refractivity contribution in [3.05, 3.63) is 0 Å². The standard InChI is InChI=1S/C13H27N3S/c1-11-5-4-6-12(9-11)10-16-13(14-2)15-7-8-17-3/h11-12H,4-10H2,1-3H3,(H2,14,15,16). The van der Waals surface area contributed by atoms with Crippen molar-refractivity contribution in [1.82, 2.24) is 10.6 Å². The van der Waals surface area contributed by atoms with E-state index in [0.717, 1.165) is 36.6 Å². The van der Waals surface area contributed by atoms with E-state index >= 15 is 0 Å². The van der Waals surface area contributed by atoms with Crippen molar-refractivity contribution >= 4 is 17.7 Å². The first-order valence-corrected chi connectivity index (χ1v) is 8.09. The van der Waals surface area contributed by atoms with Crippen molar-refractivity contribution in [2.24, 2.45) is 16.8 Å². The highest BCUT2D eigenvalue weighted by Gasteiger charge is 2.18. The lowest BCUT2D eigenvalue weighted by Gasteiger charge is -2.27. The summed E-state index contributed by atoms with van der Waals surface area (Å²) in [6, 6.07) is 0. The second kappa shape index (κ2) is 8.67. The second-order valence-corrected chi connectivity index (χ2v) is 6.00. The van der Waals surface area contributed by atoms with Gasteiger partial charge in [-0.2, -0.15) is 11.8 Å². The van der Waals surface area contributed by atoms with Crippen LogP contribution in [0.2, 0.25) is 0 Å². The molecule has 1 aliphatic carbocycles. The van der Waals surface area contributed by atoms with E-state index in [2.05, 4.69) is 28.8 Å². The fourth-order valence-electron chi connectivity index (χ4n) is 2.48. The summed E-state index contributed by atoms with van der Waals surface area (Å²) in [5.41, 5.74) is 0. The second-order valence-electron chi connectivity index (χ2n) is 5.01. The minimum atomic E-state index is 0.831. The first-order chi connectivity index (χ1) is 8.26. The molecule has 4 heteroatoms. The molecule has 0 spiro atoms. The Labute approximate surface area is 110 Å². The number of nitrogens with one attached hydrogen (secondary N) is 2. The number of thioether (sulfide) groups is 1. The summed E-state index contributed by atoms with van der Waals surface area (Å²) < 4.78 is 0. The Kier molecular flexibility index (Phi) is 7.49. The van der Waals surface area contributed by atoms with E-state index in [1.807, 2.05) is 18.8 Å². The first-order valence-electron chi connectivity index (χ1n) is 6.69. The SMILES string of the molecule is CN=C(NCCSC)NCC1CCCC(C)C1. The van der Waals surface area contributed by atoms with Gasteiger partial charge in [0.1, 0.15) is 0 Å². The predicted molar refractivity (Wildman–Crippen MR) is 78.9 cm³/mol. The molecule has 0 radical (unpaired) electrons. The maximum Gasteiger partial charge on any atom is 0.191 e. The maximum absolute atomic E-state index is 4.25. The molecule has 0 bridgehead atoms. The molecule has 0 aromatic heterocycles. The van der Waals surface area contributed by atoms with Gasteiger partial charge in [-0.3, -0.25) is 4.99 Å². The Balaban J connectivity index is 2.18. The molecule has 0 heterocycles. The predicted octanol–water partition coefficient (Wildman–Crippen LogP) is 2.34. The van der Waals surface area contributed by atoms with E-state index in [9.17, 15) is 0 Å². The van der Waals surface area contributed by atoms with Crippen LogP contribution in [0.25, 0.3) is 0 Å². The molecule has 2 atom stereocenters. The quantitative estimate of drug-likeness (QED) is 0.451. The Morgan fingerprint density at radius 3 is 2.82 bits per heavy atom. The molecular weight excluding hydrogens is 230 g/mol. The molecule has 1 aliphatic rings. The molecule has 0 aromatic rings. The van der Waals surface area contributed by atoms with E-state index in [1.54, 1.807) is 0 Å². The van der Waals surface area contributed by atoms with Crippen LogP contribution >= 0.6 is 11.8 Å². The Morgan fingerprint density at radius 1 is 1.35 bits per heavy atom. The molecular formula is C13H27N3S. The Morgan fingerprint density at radius 2 is 2.18 bits per heavy atom. The van der Waals surface area contributed by atoms with Crippen LogP contribution in [-0.4, -0.2) is 38.1 Å². The smallest absolute Gasteiger partial charge is 0.191 e. The number of hydrogen-bond acceptors (Lipinski definition) is 2. The zero-order valence-electron chi connectivity index (χ0n) is 11.5. The van der Waals surface area contributed by atoms with E-state index in [1.165, 1.54) is 25.7 Å². The molecule has 17 heavy (non-hydrogen) atoms. The fraction of sp³-hybridized carbons (Fsp3) is 0.923. The van der Waals surface area contributed by atoms with Gasteiger partial charge in [0.2, 0.25) is 0 Å². The lowest BCUT2D eigenvalue weighted by molar-refractivity contribution is 0.282. The van der Waals surface area contributed by atoms with Crippen LogP contribution in [0.4, 0.5) is 0 Å². The van der Waals surface area contributed by atoms with Gasteiger partial charge >= 0.3 is 0 Å². The Hall–Kier alpha value is -0.380. The highest BCUT2D eigenvalue weighted by atomic mass is 32.2. The normalized spacial score (nSPS) is 25.7. The molecule has 0 aromatic carbocycles. The zero-order valence-corrected chi connectivity index (χ0v) is 12.3. The van der Waals surface area contributed by atoms with Gasteiger partial charge in [-0.25, -0.2) is 0 Å². The summed E-state index contributed by atoms with van der Waals surface area (Å²) in [5, 5.41) is 6.79. The van der Waals surface area contributed by atoms with Gasteiger partial charge in [-0.15, -0.1) is 0 Å². The number of rotatable bonds is 5. The van der Waals surface area contributed by atoms with E-state index in [0.29, 0.717) is 0 Å². The average Bonchev–Trinajstić information content (AvgIpc) is 2.34. The number of aliphatic imine (C=N–C) groups is 1. The van der Waals surface area contributed by atoms with Gasteiger partial charge in [0.25, 0.3) is 0 Å². The number of nitrogens with zero attached hydrogens (tertiary/aromatic N) is 1. The molecule has 0 aliphatic heterocycles. The van der Waals surface area contributed by atoms with Crippen molar-refractivity contribution in [3.63, 3.8) is 0 Å². The van der Waals surface area contributed by atoms with Crippen molar-refractivity contribution < 1.29 is 0 Å². The van der Waals surface area contributed by atoms with Gasteiger partial charge in [0, 0.05) is 25.9 Å². The number of guanidine groups is 1. The third kappa shape index (κ3) is 6.20. The summed E-state index contributed by atoms with van der Waals surface area (Å²) in [4.78, 5) is 4.25. The van der Waals surface area contributed by atoms with Crippen molar-refractivity contribution in [2.75, 3.05) is 32.1 Å². The lowest BCUT2D eigenvalue weighted by atomic mass is 9.82. The van der Waals surface area contributed by atoms with Crippen LogP contribution in [0.1, 0.15) is 32.6 Å². The van der Waals surface area contributed by atoms with Gasteiger partial charge in [0.05, 0.1) is 0 Å². The molecule has 0 saturated heterocycles. The largest absolute Gasteiger partial charge is 0.356 e. The van der Waals surface area contributed by atoms with Crippen LogP contribution < -0.4 is 10.6 Å². The molecule has 2 N–H and O–H groups in total. The molecule has 1 fully saturated rings. The topological polar surface area (TPSA) is 36.4 Å². The minimum absolute atomic E-state index is 0.831. The average molecular weight is 257 g/mol. The van der Waals surface area contributed by atoms with Crippen molar-refractivity contribution in [3.8, 4) is 0 Å². The van der Waals surface area contributed by atoms with Crippen LogP contribution in [0.15, 0.2) is 4.99 Å². The Bertz CT molecular complexity index is 231. The summed E-state index contributed by atoms with van der Waals surface area (Å²) >= 11 is 1.86. The molecule has 1 rings (SSSR count). The van der Waals surface area contributed by atoms with Gasteiger partial charge in [-0.05, 0) is 30.9 Å². The summed E-state index contributed by atoms with van der Waals surface area (Å²) in [6.45, 7) is 4.43. The highest BCUT2D eigenvalue weighted by Crippen LogP contribution is 2.27. The van der Waals surface area contributed by atoms with Crippen LogP contribution in [0, 0.1) is 11.8 Å². The minimum Gasteiger partial charge on any atom is -0.356 e. The third-order valence-corrected chi connectivity index (χ3v) is 4.04.